The molecule has 0 aromatic heterocycles. The van der Waals surface area contributed by atoms with E-state index in [2.05, 4.69) is 13.8 Å². The van der Waals surface area contributed by atoms with Crippen LogP contribution < -0.4 is 0 Å². The van der Waals surface area contributed by atoms with Crippen LogP contribution in [0.3, 0.4) is 0 Å². The van der Waals surface area contributed by atoms with Gasteiger partial charge in [0.1, 0.15) is 0 Å². The normalized spacial score (nSPS) is 21.7. The Bertz CT molecular complexity index is 111. The Morgan fingerprint density at radius 1 is 1.08 bits per heavy atom. The first-order chi connectivity index (χ1) is 6.34. The Balaban J connectivity index is 2.09. The maximum Gasteiger partial charge on any atom is -0.0386 e. The van der Waals surface area contributed by atoms with E-state index >= 15 is 0 Å². The monoisotopic (exact) mass is 180 g/mol. The van der Waals surface area contributed by atoms with Crippen LogP contribution in [0.5, 0.6) is 0 Å². The lowest BCUT2D eigenvalue weighted by molar-refractivity contribution is 0.269. The molecule has 0 N–H and O–H groups in total. The average Bonchev–Trinajstić information content (AvgIpc) is 2.19. The number of rotatable bonds is 5. The Kier molecular flexibility index (Phi) is 5.50. The van der Waals surface area contributed by atoms with Crippen LogP contribution in [0.1, 0.15) is 57.8 Å². The highest BCUT2D eigenvalue weighted by atomic mass is 14.2. The van der Waals surface area contributed by atoms with Crippen LogP contribution >= 0.6 is 0 Å². The molecule has 76 valence electrons. The van der Waals surface area contributed by atoms with Gasteiger partial charge < -0.3 is 0 Å². The van der Waals surface area contributed by atoms with Crippen LogP contribution in [0.4, 0.5) is 0 Å². The molecule has 0 amide bonds. The lowest BCUT2D eigenvalue weighted by Gasteiger charge is -2.27. The van der Waals surface area contributed by atoms with E-state index in [9.17, 15) is 0 Å². The third-order valence-electron chi connectivity index (χ3n) is 3.39. The van der Waals surface area contributed by atoms with Crippen molar-refractivity contribution in [2.75, 3.05) is 0 Å². The van der Waals surface area contributed by atoms with Gasteiger partial charge in [0.2, 0.25) is 0 Å². The summed E-state index contributed by atoms with van der Waals surface area (Å²) in [5.74, 6) is 1.67. The molecule has 1 rings (SSSR count). The van der Waals surface area contributed by atoms with Crippen LogP contribution in [-0.4, -0.2) is 0 Å². The molecule has 0 saturated heterocycles. The minimum Gasteiger partial charge on any atom is -0.0533 e. The zero-order valence-corrected chi connectivity index (χ0v) is 8.93. The van der Waals surface area contributed by atoms with E-state index in [4.69, 9.17) is 0 Å². The lowest BCUT2D eigenvalue weighted by atomic mass is 9.79. The molecular weight excluding hydrogens is 156 g/mol. The van der Waals surface area contributed by atoms with E-state index in [1.54, 1.807) is 0 Å². The van der Waals surface area contributed by atoms with Gasteiger partial charge in [-0.05, 0) is 18.8 Å². The van der Waals surface area contributed by atoms with Crippen molar-refractivity contribution in [1.82, 2.24) is 0 Å². The summed E-state index contributed by atoms with van der Waals surface area (Å²) in [4.78, 5) is 0. The molecule has 1 unspecified atom stereocenters. The molecule has 1 aliphatic rings. The largest absolute Gasteiger partial charge is 0.0533 e. The van der Waals surface area contributed by atoms with Crippen molar-refractivity contribution < 1.29 is 0 Å². The molecule has 0 heterocycles. The molecule has 0 aliphatic heterocycles. The Hall–Kier alpha value is 0. The standard InChI is InChI=1S/C13H24/c1-3-4-6-9-12(2)13-10-7-5-8-11-13/h12-13H,1-11H2. The number of hydrogen-bond acceptors (Lipinski definition) is 0. The first kappa shape index (κ1) is 11.1. The summed E-state index contributed by atoms with van der Waals surface area (Å²) < 4.78 is 0. The van der Waals surface area contributed by atoms with E-state index in [0.29, 0.717) is 0 Å². The molecule has 2 radical (unpaired) electrons. The van der Waals surface area contributed by atoms with Crippen molar-refractivity contribution in [1.29, 1.82) is 0 Å². The average molecular weight is 180 g/mol. The molecule has 0 heteroatoms. The van der Waals surface area contributed by atoms with Gasteiger partial charge in [0.05, 0.1) is 0 Å². The zero-order valence-electron chi connectivity index (χ0n) is 8.93. The van der Waals surface area contributed by atoms with Crippen molar-refractivity contribution in [3.63, 3.8) is 0 Å². The molecule has 1 atom stereocenters. The third kappa shape index (κ3) is 4.15. The number of unbranched alkanes of at least 4 members (excludes halogenated alkanes) is 2. The molecular formula is C13H24. The molecule has 0 aromatic carbocycles. The SMILES string of the molecule is [CH2]CCCCC([CH2])C1CCCCC1. The summed E-state index contributed by atoms with van der Waals surface area (Å²) in [5.41, 5.74) is 0. The molecule has 0 bridgehead atoms. The molecule has 1 aliphatic carbocycles. The summed E-state index contributed by atoms with van der Waals surface area (Å²) in [5, 5.41) is 0. The van der Waals surface area contributed by atoms with Gasteiger partial charge in [-0.25, -0.2) is 0 Å². The van der Waals surface area contributed by atoms with Gasteiger partial charge in [-0.15, -0.1) is 0 Å². The van der Waals surface area contributed by atoms with Gasteiger partial charge in [-0.1, -0.05) is 64.7 Å². The lowest BCUT2D eigenvalue weighted by Crippen LogP contribution is -2.15. The van der Waals surface area contributed by atoms with Gasteiger partial charge in [-0.2, -0.15) is 0 Å². The fraction of sp³-hybridized carbons (Fsp3) is 0.846. The van der Waals surface area contributed by atoms with E-state index < -0.39 is 0 Å². The molecule has 1 fully saturated rings. The maximum absolute atomic E-state index is 4.31. The van der Waals surface area contributed by atoms with Crippen LogP contribution in [-0.2, 0) is 0 Å². The fourth-order valence-electron chi connectivity index (χ4n) is 2.42. The first-order valence-electron chi connectivity index (χ1n) is 5.97. The molecule has 0 aromatic rings. The topological polar surface area (TPSA) is 0 Å². The Labute approximate surface area is 84.1 Å². The molecule has 13 heavy (non-hydrogen) atoms. The summed E-state index contributed by atoms with van der Waals surface area (Å²) >= 11 is 0. The predicted octanol–water partition coefficient (Wildman–Crippen LogP) is 4.41. The van der Waals surface area contributed by atoms with Crippen LogP contribution in [0.15, 0.2) is 0 Å². The van der Waals surface area contributed by atoms with Gasteiger partial charge in [0, 0.05) is 0 Å². The van der Waals surface area contributed by atoms with Gasteiger partial charge >= 0.3 is 0 Å². The fourth-order valence-corrected chi connectivity index (χ4v) is 2.42. The number of hydrogen-bond donors (Lipinski definition) is 0. The minimum atomic E-state index is 0.729. The van der Waals surface area contributed by atoms with Crippen molar-refractivity contribution in [2.24, 2.45) is 11.8 Å². The molecule has 1 saturated carbocycles. The Morgan fingerprint density at radius 3 is 2.38 bits per heavy atom. The van der Waals surface area contributed by atoms with E-state index in [-0.39, 0.29) is 0 Å². The zero-order chi connectivity index (χ0) is 9.52. The second kappa shape index (κ2) is 6.45. The van der Waals surface area contributed by atoms with Crippen LogP contribution in [0.25, 0.3) is 0 Å². The summed E-state index contributed by atoms with van der Waals surface area (Å²) in [6.07, 6.45) is 12.3. The van der Waals surface area contributed by atoms with E-state index in [0.717, 1.165) is 18.3 Å². The van der Waals surface area contributed by atoms with Crippen molar-refractivity contribution >= 4 is 0 Å². The van der Waals surface area contributed by atoms with Crippen LogP contribution in [0.2, 0.25) is 0 Å². The highest BCUT2D eigenvalue weighted by Gasteiger charge is 2.19. The van der Waals surface area contributed by atoms with Crippen molar-refractivity contribution in [3.05, 3.63) is 13.8 Å². The summed E-state index contributed by atoms with van der Waals surface area (Å²) in [7, 11) is 0. The van der Waals surface area contributed by atoms with Gasteiger partial charge in [0.15, 0.2) is 0 Å². The van der Waals surface area contributed by atoms with E-state index in [1.807, 2.05) is 0 Å². The minimum absolute atomic E-state index is 0.729. The highest BCUT2D eigenvalue weighted by molar-refractivity contribution is 4.75. The highest BCUT2D eigenvalue weighted by Crippen LogP contribution is 2.32. The second-order valence-electron chi connectivity index (χ2n) is 4.51. The second-order valence-corrected chi connectivity index (χ2v) is 4.51. The smallest absolute Gasteiger partial charge is 0.0386 e. The third-order valence-corrected chi connectivity index (χ3v) is 3.39. The van der Waals surface area contributed by atoms with Crippen molar-refractivity contribution in [2.45, 2.75) is 57.8 Å². The summed E-state index contributed by atoms with van der Waals surface area (Å²) in [6, 6.07) is 0. The molecule has 0 spiro atoms. The Morgan fingerprint density at radius 2 is 1.77 bits per heavy atom. The maximum atomic E-state index is 4.31. The summed E-state index contributed by atoms with van der Waals surface area (Å²) in [6.45, 7) is 8.19. The predicted molar refractivity (Wildman–Crippen MR) is 59.2 cm³/mol. The van der Waals surface area contributed by atoms with E-state index in [1.165, 1.54) is 51.4 Å². The molecule has 0 nitrogen and oxygen atoms in total. The van der Waals surface area contributed by atoms with Crippen molar-refractivity contribution in [3.8, 4) is 0 Å². The van der Waals surface area contributed by atoms with Gasteiger partial charge in [0.25, 0.3) is 0 Å². The first-order valence-corrected chi connectivity index (χ1v) is 5.97. The van der Waals surface area contributed by atoms with Crippen LogP contribution in [0, 0.1) is 25.7 Å². The van der Waals surface area contributed by atoms with Gasteiger partial charge in [-0.3, -0.25) is 0 Å². The quantitative estimate of drug-likeness (QED) is 0.550.